The minimum Gasteiger partial charge on any atom is -0.368 e. The van der Waals surface area contributed by atoms with E-state index in [-0.39, 0.29) is 17.8 Å². The number of hydrogen-bond donors (Lipinski definition) is 1. The van der Waals surface area contributed by atoms with E-state index < -0.39 is 0 Å². The van der Waals surface area contributed by atoms with Gasteiger partial charge in [0.1, 0.15) is 5.69 Å². The number of hydrogen-bond acceptors (Lipinski definition) is 4. The Morgan fingerprint density at radius 3 is 2.30 bits per heavy atom. The molecule has 0 fully saturated rings. The predicted molar refractivity (Wildman–Crippen MR) is 90.3 cm³/mol. The highest BCUT2D eigenvalue weighted by atomic mass is 16.2. The normalized spacial score (nSPS) is 14.5. The van der Waals surface area contributed by atoms with E-state index in [0.29, 0.717) is 18.8 Å². The van der Waals surface area contributed by atoms with Gasteiger partial charge in [-0.15, -0.1) is 0 Å². The number of rotatable bonds is 2. The minimum absolute atomic E-state index is 0.0613. The lowest BCUT2D eigenvalue weighted by Crippen LogP contribution is -2.34. The van der Waals surface area contributed by atoms with Gasteiger partial charge < -0.3 is 10.6 Å². The van der Waals surface area contributed by atoms with Gasteiger partial charge in [-0.1, -0.05) is 38.1 Å². The fraction of sp³-hybridized carbons (Fsp3) is 0.389. The Morgan fingerprint density at radius 2 is 1.74 bits per heavy atom. The van der Waals surface area contributed by atoms with Crippen molar-refractivity contribution in [3.05, 3.63) is 52.8 Å². The molecule has 5 nitrogen and oxygen atoms in total. The third-order valence-corrected chi connectivity index (χ3v) is 4.28. The van der Waals surface area contributed by atoms with Crippen molar-refractivity contribution in [1.29, 1.82) is 0 Å². The van der Waals surface area contributed by atoms with E-state index >= 15 is 0 Å². The number of nitrogens with zero attached hydrogens (tertiary/aromatic N) is 3. The summed E-state index contributed by atoms with van der Waals surface area (Å²) in [5, 5.41) is 0. The van der Waals surface area contributed by atoms with Gasteiger partial charge in [0.05, 0.1) is 0 Å². The molecule has 2 heterocycles. The molecule has 0 saturated heterocycles. The molecule has 1 amide bonds. The quantitative estimate of drug-likeness (QED) is 0.924. The molecule has 3 rings (SSSR count). The van der Waals surface area contributed by atoms with Crippen molar-refractivity contribution in [3.8, 4) is 0 Å². The van der Waals surface area contributed by atoms with E-state index in [1.165, 1.54) is 11.1 Å². The van der Waals surface area contributed by atoms with Crippen LogP contribution in [0.4, 0.5) is 5.95 Å². The summed E-state index contributed by atoms with van der Waals surface area (Å²) in [5.41, 5.74) is 9.62. The van der Waals surface area contributed by atoms with Crippen molar-refractivity contribution >= 4 is 11.9 Å². The van der Waals surface area contributed by atoms with Crippen molar-refractivity contribution in [1.82, 2.24) is 14.9 Å². The number of fused-ring (bicyclic) bond motifs is 1. The molecule has 2 aromatic rings. The second-order valence-electron chi connectivity index (χ2n) is 6.25. The fourth-order valence-corrected chi connectivity index (χ4v) is 2.92. The molecule has 1 aromatic heterocycles. The molecule has 1 aliphatic rings. The van der Waals surface area contributed by atoms with Gasteiger partial charge in [0.15, 0.2) is 0 Å². The molecule has 2 N–H and O–H groups in total. The first-order valence-corrected chi connectivity index (χ1v) is 8.05. The third-order valence-electron chi connectivity index (χ3n) is 4.28. The highest BCUT2D eigenvalue weighted by Gasteiger charge is 2.22. The summed E-state index contributed by atoms with van der Waals surface area (Å²) in [7, 11) is 0. The number of anilines is 1. The average molecular weight is 310 g/mol. The van der Waals surface area contributed by atoms with Gasteiger partial charge in [-0.25, -0.2) is 9.97 Å². The monoisotopic (exact) mass is 310 g/mol. The summed E-state index contributed by atoms with van der Waals surface area (Å²) in [4.78, 5) is 23.0. The third kappa shape index (κ3) is 3.33. The molecule has 0 atom stereocenters. The Kier molecular flexibility index (Phi) is 4.28. The van der Waals surface area contributed by atoms with E-state index in [9.17, 15) is 4.79 Å². The van der Waals surface area contributed by atoms with E-state index in [1.807, 2.05) is 18.7 Å². The number of aromatic nitrogens is 2. The molecule has 0 unspecified atom stereocenters. The van der Waals surface area contributed by atoms with Crippen LogP contribution < -0.4 is 5.73 Å². The molecule has 0 radical (unpaired) electrons. The van der Waals surface area contributed by atoms with Gasteiger partial charge in [-0.2, -0.15) is 0 Å². The second-order valence-corrected chi connectivity index (χ2v) is 6.25. The average Bonchev–Trinajstić information content (AvgIpc) is 2.76. The van der Waals surface area contributed by atoms with Crippen LogP contribution in [0.2, 0.25) is 0 Å². The highest BCUT2D eigenvalue weighted by Crippen LogP contribution is 2.18. The summed E-state index contributed by atoms with van der Waals surface area (Å²) < 4.78 is 0. The number of nitrogens with two attached hydrogens (primary N) is 1. The fourth-order valence-electron chi connectivity index (χ4n) is 2.92. The van der Waals surface area contributed by atoms with E-state index in [2.05, 4.69) is 34.2 Å². The highest BCUT2D eigenvalue weighted by molar-refractivity contribution is 5.92. The summed E-state index contributed by atoms with van der Waals surface area (Å²) in [6.07, 6.45) is 1.75. The Balaban J connectivity index is 1.82. The summed E-state index contributed by atoms with van der Waals surface area (Å²) in [6.45, 7) is 5.46. The van der Waals surface area contributed by atoms with Crippen LogP contribution in [-0.2, 0) is 12.8 Å². The lowest BCUT2D eigenvalue weighted by Gasteiger charge is -2.20. The maximum atomic E-state index is 12.8. The van der Waals surface area contributed by atoms with Crippen molar-refractivity contribution in [2.24, 2.45) is 0 Å². The standard InChI is InChI=1S/C18H22N4O/c1-12(2)15-11-16(21-18(19)20-15)17(23)22-9-7-13-5-3-4-6-14(13)8-10-22/h3-6,11-12H,7-10H2,1-2H3,(H2,19,20,21). The predicted octanol–water partition coefficient (Wildman–Crippen LogP) is 2.42. The van der Waals surface area contributed by atoms with Crippen molar-refractivity contribution < 1.29 is 4.79 Å². The lowest BCUT2D eigenvalue weighted by molar-refractivity contribution is 0.0757. The SMILES string of the molecule is CC(C)c1cc(C(=O)N2CCc3ccccc3CC2)nc(N)n1. The van der Waals surface area contributed by atoms with Crippen LogP contribution in [0.15, 0.2) is 30.3 Å². The number of carbonyl (C=O) groups excluding carboxylic acids is 1. The molecule has 0 spiro atoms. The zero-order chi connectivity index (χ0) is 16.4. The zero-order valence-electron chi connectivity index (χ0n) is 13.6. The first kappa shape index (κ1) is 15.5. The molecular formula is C18H22N4O. The van der Waals surface area contributed by atoms with Crippen LogP contribution in [0.1, 0.15) is 47.1 Å². The van der Waals surface area contributed by atoms with Gasteiger partial charge in [0.25, 0.3) is 5.91 Å². The van der Waals surface area contributed by atoms with E-state index in [0.717, 1.165) is 18.5 Å². The molecule has 120 valence electrons. The number of nitrogen functional groups attached to an aromatic ring is 1. The van der Waals surface area contributed by atoms with Crippen LogP contribution in [0.5, 0.6) is 0 Å². The van der Waals surface area contributed by atoms with Crippen molar-refractivity contribution in [2.75, 3.05) is 18.8 Å². The molecule has 5 heteroatoms. The molecule has 23 heavy (non-hydrogen) atoms. The molecule has 0 bridgehead atoms. The van der Waals surface area contributed by atoms with Gasteiger partial charge >= 0.3 is 0 Å². The number of carbonyl (C=O) groups is 1. The second kappa shape index (κ2) is 6.36. The molecule has 1 aromatic carbocycles. The van der Waals surface area contributed by atoms with Crippen LogP contribution in [0, 0.1) is 0 Å². The number of amides is 1. The molecule has 1 aliphatic heterocycles. The Bertz CT molecular complexity index is 700. The van der Waals surface area contributed by atoms with Crippen LogP contribution in [0.3, 0.4) is 0 Å². The van der Waals surface area contributed by atoms with Gasteiger partial charge in [0.2, 0.25) is 5.95 Å². The van der Waals surface area contributed by atoms with Gasteiger partial charge in [-0.05, 0) is 36.0 Å². The summed E-state index contributed by atoms with van der Waals surface area (Å²) >= 11 is 0. The van der Waals surface area contributed by atoms with Crippen molar-refractivity contribution in [2.45, 2.75) is 32.6 Å². The first-order chi connectivity index (χ1) is 11.0. The van der Waals surface area contributed by atoms with Crippen LogP contribution >= 0.6 is 0 Å². The molecule has 0 saturated carbocycles. The Labute approximate surface area is 136 Å². The van der Waals surface area contributed by atoms with E-state index in [4.69, 9.17) is 5.73 Å². The summed E-state index contributed by atoms with van der Waals surface area (Å²) in [5.74, 6) is 0.312. The first-order valence-electron chi connectivity index (χ1n) is 8.05. The van der Waals surface area contributed by atoms with Crippen LogP contribution in [0.25, 0.3) is 0 Å². The smallest absolute Gasteiger partial charge is 0.272 e. The molecular weight excluding hydrogens is 288 g/mol. The Morgan fingerprint density at radius 1 is 1.13 bits per heavy atom. The minimum atomic E-state index is -0.0613. The maximum absolute atomic E-state index is 12.8. The van der Waals surface area contributed by atoms with Gasteiger partial charge in [0, 0.05) is 18.8 Å². The topological polar surface area (TPSA) is 72.1 Å². The van der Waals surface area contributed by atoms with Crippen LogP contribution in [-0.4, -0.2) is 33.9 Å². The van der Waals surface area contributed by atoms with E-state index in [1.54, 1.807) is 6.07 Å². The maximum Gasteiger partial charge on any atom is 0.272 e. The summed E-state index contributed by atoms with van der Waals surface area (Å²) in [6, 6.07) is 10.2. The zero-order valence-corrected chi connectivity index (χ0v) is 13.6. The van der Waals surface area contributed by atoms with Gasteiger partial charge in [-0.3, -0.25) is 4.79 Å². The Hall–Kier alpha value is -2.43. The molecule has 0 aliphatic carbocycles. The van der Waals surface area contributed by atoms with Crippen molar-refractivity contribution in [3.63, 3.8) is 0 Å². The largest absolute Gasteiger partial charge is 0.368 e. The lowest BCUT2D eigenvalue weighted by atomic mass is 10.0. The number of benzene rings is 1.